The molecule has 5 N–H and O–H groups in total. The number of carbonyl (C=O) groups excluding carboxylic acids is 2. The Kier molecular flexibility index (Phi) is 10.7. The van der Waals surface area contributed by atoms with Crippen LogP contribution in [0.5, 0.6) is 5.75 Å². The SMILES string of the molecule is Cc1cc(OCCCc2c(C(=O)NCC(=O)CC(C)C[C@H](N)C(=O)O)[nH]c3c(-c4c(C)nn(C)c4C)cccc23)cc(C)c1Cl. The summed E-state index contributed by atoms with van der Waals surface area (Å²) in [5, 5.41) is 18.1. The maximum Gasteiger partial charge on any atom is 0.320 e. The van der Waals surface area contributed by atoms with E-state index in [-0.39, 0.29) is 37.0 Å². The van der Waals surface area contributed by atoms with Crippen LogP contribution in [-0.4, -0.2) is 56.7 Å². The van der Waals surface area contributed by atoms with Gasteiger partial charge < -0.3 is 25.9 Å². The first-order chi connectivity index (χ1) is 21.3. The normalized spacial score (nSPS) is 12.7. The van der Waals surface area contributed by atoms with Crippen LogP contribution in [0.15, 0.2) is 30.3 Å². The molecule has 0 aliphatic rings. The first-order valence-electron chi connectivity index (χ1n) is 15.1. The molecule has 0 spiro atoms. The molecule has 2 aromatic carbocycles. The lowest BCUT2D eigenvalue weighted by Crippen LogP contribution is -2.34. The molecule has 4 aromatic rings. The zero-order valence-electron chi connectivity index (χ0n) is 26.7. The molecule has 0 fully saturated rings. The highest BCUT2D eigenvalue weighted by atomic mass is 35.5. The Morgan fingerprint density at radius 2 is 1.84 bits per heavy atom. The van der Waals surface area contributed by atoms with E-state index in [2.05, 4.69) is 15.4 Å². The fraction of sp³-hybridized carbons (Fsp3) is 0.412. The van der Waals surface area contributed by atoms with Crippen LogP contribution < -0.4 is 15.8 Å². The van der Waals surface area contributed by atoms with Gasteiger partial charge in [0.1, 0.15) is 17.5 Å². The third kappa shape index (κ3) is 7.75. The molecule has 1 unspecified atom stereocenters. The van der Waals surface area contributed by atoms with Crippen LogP contribution in [0, 0.1) is 33.6 Å². The van der Waals surface area contributed by atoms with Crippen molar-refractivity contribution in [2.24, 2.45) is 18.7 Å². The number of nitrogens with zero attached hydrogens (tertiary/aromatic N) is 2. The summed E-state index contributed by atoms with van der Waals surface area (Å²) in [4.78, 5) is 40.7. The summed E-state index contributed by atoms with van der Waals surface area (Å²) in [6.07, 6.45) is 1.49. The Bertz CT molecular complexity index is 1720. The number of aromatic amines is 1. The van der Waals surface area contributed by atoms with Gasteiger partial charge >= 0.3 is 5.97 Å². The molecule has 1 amide bonds. The number of ether oxygens (including phenoxy) is 1. The number of H-pyrrole nitrogens is 1. The van der Waals surface area contributed by atoms with Gasteiger partial charge in [-0.05, 0) is 81.7 Å². The van der Waals surface area contributed by atoms with Crippen molar-refractivity contribution in [2.75, 3.05) is 13.2 Å². The summed E-state index contributed by atoms with van der Waals surface area (Å²) in [6, 6.07) is 8.78. The van der Waals surface area contributed by atoms with Crippen molar-refractivity contribution in [1.29, 1.82) is 0 Å². The van der Waals surface area contributed by atoms with Crippen molar-refractivity contribution < 1.29 is 24.2 Å². The summed E-state index contributed by atoms with van der Waals surface area (Å²) in [5.41, 5.74) is 13.4. The number of aromatic nitrogens is 3. The van der Waals surface area contributed by atoms with Crippen molar-refractivity contribution >= 4 is 40.2 Å². The third-order valence-corrected chi connectivity index (χ3v) is 8.79. The zero-order chi connectivity index (χ0) is 33.0. The van der Waals surface area contributed by atoms with Gasteiger partial charge in [-0.2, -0.15) is 5.10 Å². The number of nitrogens with two attached hydrogens (primary N) is 1. The van der Waals surface area contributed by atoms with E-state index < -0.39 is 12.0 Å². The Morgan fingerprint density at radius 1 is 1.16 bits per heavy atom. The number of benzene rings is 2. The first-order valence-corrected chi connectivity index (χ1v) is 15.5. The molecule has 10 nitrogen and oxygen atoms in total. The first kappa shape index (κ1) is 33.7. The van der Waals surface area contributed by atoms with Gasteiger partial charge in [-0.1, -0.05) is 36.7 Å². The fourth-order valence-corrected chi connectivity index (χ4v) is 5.98. The van der Waals surface area contributed by atoms with E-state index in [0.29, 0.717) is 25.1 Å². The molecule has 0 aliphatic heterocycles. The molecule has 4 rings (SSSR count). The number of hydrogen-bond donors (Lipinski definition) is 4. The maximum atomic E-state index is 13.6. The van der Waals surface area contributed by atoms with E-state index in [4.69, 9.17) is 27.2 Å². The van der Waals surface area contributed by atoms with Crippen LogP contribution in [-0.2, 0) is 23.1 Å². The van der Waals surface area contributed by atoms with E-state index >= 15 is 0 Å². The number of amides is 1. The highest BCUT2D eigenvalue weighted by molar-refractivity contribution is 6.32. The lowest BCUT2D eigenvalue weighted by atomic mass is 9.96. The molecule has 2 aromatic heterocycles. The number of aliphatic carboxylic acids is 1. The van der Waals surface area contributed by atoms with E-state index in [9.17, 15) is 14.4 Å². The van der Waals surface area contributed by atoms with Gasteiger partial charge in [0.2, 0.25) is 0 Å². The smallest absolute Gasteiger partial charge is 0.320 e. The number of ketones is 1. The van der Waals surface area contributed by atoms with Gasteiger partial charge in [0.15, 0.2) is 5.78 Å². The zero-order valence-corrected chi connectivity index (χ0v) is 27.5. The summed E-state index contributed by atoms with van der Waals surface area (Å²) >= 11 is 6.31. The summed E-state index contributed by atoms with van der Waals surface area (Å²) < 4.78 is 7.89. The lowest BCUT2D eigenvalue weighted by molar-refractivity contribution is -0.139. The highest BCUT2D eigenvalue weighted by Gasteiger charge is 2.23. The van der Waals surface area contributed by atoms with Crippen LogP contribution in [0.1, 0.15) is 64.8 Å². The predicted molar refractivity (Wildman–Crippen MR) is 176 cm³/mol. The molecule has 0 saturated heterocycles. The van der Waals surface area contributed by atoms with E-state index in [1.807, 2.05) is 69.8 Å². The summed E-state index contributed by atoms with van der Waals surface area (Å²) in [5.74, 6) is -1.18. The average molecular weight is 636 g/mol. The second-order valence-electron chi connectivity index (χ2n) is 11.9. The van der Waals surface area contributed by atoms with Crippen molar-refractivity contribution in [2.45, 2.75) is 66.3 Å². The molecular weight excluding hydrogens is 594 g/mol. The minimum atomic E-state index is -1.10. The van der Waals surface area contributed by atoms with Crippen molar-refractivity contribution in [3.63, 3.8) is 0 Å². The van der Waals surface area contributed by atoms with Gasteiger partial charge in [0.05, 0.1) is 24.4 Å². The van der Waals surface area contributed by atoms with E-state index in [1.165, 1.54) is 0 Å². The van der Waals surface area contributed by atoms with Crippen molar-refractivity contribution in [3.05, 3.63) is 69.1 Å². The molecule has 2 heterocycles. The van der Waals surface area contributed by atoms with E-state index in [0.717, 1.165) is 60.9 Å². The number of carbonyl (C=O) groups is 3. The number of carboxylic acid groups (broad SMARTS) is 1. The molecule has 2 atom stereocenters. The second-order valence-corrected chi connectivity index (χ2v) is 12.3. The number of carboxylic acids is 1. The summed E-state index contributed by atoms with van der Waals surface area (Å²) in [7, 11) is 1.90. The number of halogens is 1. The van der Waals surface area contributed by atoms with Gasteiger partial charge in [-0.15, -0.1) is 0 Å². The standard InChI is InChI=1S/C34H42ClN5O5/c1-18(14-28(36)34(43)44)13-23(41)17-37-33(42)32-26(11-8-12-45-24-15-19(2)30(35)20(3)16-24)25-9-7-10-27(31(25)38-32)29-21(4)39-40(6)22(29)5/h7,9-10,15-16,18,28,38H,8,11-14,17,36H2,1-6H3,(H,37,42)(H,43,44)/t18?,28-/m0/s1. The van der Waals surface area contributed by atoms with E-state index in [1.54, 1.807) is 6.92 Å². The number of rotatable bonds is 14. The van der Waals surface area contributed by atoms with Crippen LogP contribution >= 0.6 is 11.6 Å². The lowest BCUT2D eigenvalue weighted by Gasteiger charge is -2.13. The van der Waals surface area contributed by atoms with Gasteiger partial charge in [-0.3, -0.25) is 19.1 Å². The molecule has 0 radical (unpaired) electrons. The van der Waals surface area contributed by atoms with Crippen LogP contribution in [0.4, 0.5) is 0 Å². The molecular formula is C34H42ClN5O5. The van der Waals surface area contributed by atoms with Gasteiger partial charge in [0, 0.05) is 40.7 Å². The topological polar surface area (TPSA) is 152 Å². The number of fused-ring (bicyclic) bond motifs is 1. The maximum absolute atomic E-state index is 13.6. The number of hydrogen-bond acceptors (Lipinski definition) is 6. The number of nitrogens with one attached hydrogen (secondary N) is 2. The molecule has 11 heteroatoms. The number of aryl methyl sites for hydroxylation is 5. The Hall–Kier alpha value is -4.15. The Morgan fingerprint density at radius 3 is 2.47 bits per heavy atom. The molecule has 45 heavy (non-hydrogen) atoms. The van der Waals surface area contributed by atoms with Crippen LogP contribution in [0.25, 0.3) is 22.0 Å². The highest BCUT2D eigenvalue weighted by Crippen LogP contribution is 2.35. The molecule has 240 valence electrons. The predicted octanol–water partition coefficient (Wildman–Crippen LogP) is 5.59. The van der Waals surface area contributed by atoms with Gasteiger partial charge in [0.25, 0.3) is 5.91 Å². The largest absolute Gasteiger partial charge is 0.494 e. The molecule has 0 saturated carbocycles. The van der Waals surface area contributed by atoms with Crippen molar-refractivity contribution in [1.82, 2.24) is 20.1 Å². The average Bonchev–Trinajstić information content (AvgIpc) is 3.47. The summed E-state index contributed by atoms with van der Waals surface area (Å²) in [6.45, 7) is 9.90. The third-order valence-electron chi connectivity index (χ3n) is 8.19. The minimum absolute atomic E-state index is 0.117. The second kappa shape index (κ2) is 14.3. The minimum Gasteiger partial charge on any atom is -0.494 e. The van der Waals surface area contributed by atoms with Gasteiger partial charge in [-0.25, -0.2) is 0 Å². The number of Topliss-reactive ketones (excluding diaryl/α,β-unsaturated/α-hetero) is 1. The molecule has 0 bridgehead atoms. The Labute approximate surface area is 268 Å². The quantitative estimate of drug-likeness (QED) is 0.132. The number of para-hydroxylation sites is 1. The van der Waals surface area contributed by atoms with Crippen molar-refractivity contribution in [3.8, 4) is 16.9 Å². The Balaban J connectivity index is 1.57. The van der Waals surface area contributed by atoms with Crippen LogP contribution in [0.3, 0.4) is 0 Å². The monoisotopic (exact) mass is 635 g/mol. The van der Waals surface area contributed by atoms with Crippen LogP contribution in [0.2, 0.25) is 5.02 Å². The molecule has 0 aliphatic carbocycles. The fourth-order valence-electron chi connectivity index (χ4n) is 5.87.